The molecule has 104 valence electrons. The molecule has 0 heterocycles. The van der Waals surface area contributed by atoms with E-state index in [1.165, 1.54) is 20.0 Å². The summed E-state index contributed by atoms with van der Waals surface area (Å²) in [5, 5.41) is 0. The molecule has 1 aliphatic carbocycles. The zero-order chi connectivity index (χ0) is 13.8. The Morgan fingerprint density at radius 3 is 2.56 bits per heavy atom. The SMILES string of the molecule is COC(=O)CC(=O)OC(C)C1CCCC(C)(C)C1. The molecule has 0 spiro atoms. The maximum Gasteiger partial charge on any atom is 0.317 e. The molecule has 4 heteroatoms. The molecule has 0 amide bonds. The van der Waals surface area contributed by atoms with Crippen LogP contribution >= 0.6 is 0 Å². The normalized spacial score (nSPS) is 24.1. The molecule has 1 saturated carbocycles. The van der Waals surface area contributed by atoms with Crippen molar-refractivity contribution in [3.05, 3.63) is 0 Å². The number of methoxy groups -OCH3 is 1. The van der Waals surface area contributed by atoms with E-state index in [1.54, 1.807) is 0 Å². The van der Waals surface area contributed by atoms with Crippen LogP contribution in [0.4, 0.5) is 0 Å². The van der Waals surface area contributed by atoms with Gasteiger partial charge in [-0.2, -0.15) is 0 Å². The second-order valence-corrected chi connectivity index (χ2v) is 5.97. The van der Waals surface area contributed by atoms with Crippen LogP contribution in [0.2, 0.25) is 0 Å². The fourth-order valence-electron chi connectivity index (χ4n) is 2.69. The Morgan fingerprint density at radius 2 is 2.00 bits per heavy atom. The number of rotatable bonds is 4. The molecule has 1 aliphatic rings. The van der Waals surface area contributed by atoms with E-state index in [-0.39, 0.29) is 12.5 Å². The van der Waals surface area contributed by atoms with Gasteiger partial charge in [0.1, 0.15) is 12.5 Å². The molecule has 0 saturated heterocycles. The quantitative estimate of drug-likeness (QED) is 0.573. The van der Waals surface area contributed by atoms with Crippen LogP contribution in [-0.4, -0.2) is 25.2 Å². The molecule has 1 rings (SSSR count). The summed E-state index contributed by atoms with van der Waals surface area (Å²) in [5.41, 5.74) is 0.325. The molecule has 0 N–H and O–H groups in total. The van der Waals surface area contributed by atoms with Crippen molar-refractivity contribution >= 4 is 11.9 Å². The minimum atomic E-state index is -0.545. The summed E-state index contributed by atoms with van der Waals surface area (Å²) in [5.74, 6) is -0.635. The van der Waals surface area contributed by atoms with Crippen molar-refractivity contribution in [2.24, 2.45) is 11.3 Å². The monoisotopic (exact) mass is 256 g/mol. The number of ether oxygens (including phenoxy) is 2. The van der Waals surface area contributed by atoms with Gasteiger partial charge in [-0.15, -0.1) is 0 Å². The van der Waals surface area contributed by atoms with Gasteiger partial charge < -0.3 is 9.47 Å². The molecular weight excluding hydrogens is 232 g/mol. The largest absolute Gasteiger partial charge is 0.469 e. The smallest absolute Gasteiger partial charge is 0.317 e. The molecule has 0 aromatic carbocycles. The summed E-state index contributed by atoms with van der Waals surface area (Å²) in [6, 6.07) is 0. The van der Waals surface area contributed by atoms with E-state index in [2.05, 4.69) is 18.6 Å². The van der Waals surface area contributed by atoms with Crippen LogP contribution in [0, 0.1) is 11.3 Å². The molecule has 0 aliphatic heterocycles. The van der Waals surface area contributed by atoms with Crippen LogP contribution in [0.15, 0.2) is 0 Å². The summed E-state index contributed by atoms with van der Waals surface area (Å²) in [6.07, 6.45) is 4.15. The van der Waals surface area contributed by atoms with Crippen LogP contribution in [-0.2, 0) is 19.1 Å². The van der Waals surface area contributed by atoms with Gasteiger partial charge >= 0.3 is 11.9 Å². The van der Waals surface area contributed by atoms with Crippen LogP contribution in [0.3, 0.4) is 0 Å². The van der Waals surface area contributed by atoms with Gasteiger partial charge in [-0.05, 0) is 37.5 Å². The number of hydrogen-bond acceptors (Lipinski definition) is 4. The first kappa shape index (κ1) is 15.0. The van der Waals surface area contributed by atoms with Crippen molar-refractivity contribution < 1.29 is 19.1 Å². The Bertz CT molecular complexity index is 309. The maximum atomic E-state index is 11.5. The van der Waals surface area contributed by atoms with Crippen molar-refractivity contribution in [3.63, 3.8) is 0 Å². The van der Waals surface area contributed by atoms with Gasteiger partial charge in [-0.3, -0.25) is 9.59 Å². The van der Waals surface area contributed by atoms with Crippen molar-refractivity contribution in [2.45, 2.75) is 59.0 Å². The summed E-state index contributed by atoms with van der Waals surface area (Å²) >= 11 is 0. The van der Waals surface area contributed by atoms with Gasteiger partial charge in [0.15, 0.2) is 0 Å². The Kier molecular flexibility index (Phi) is 5.17. The van der Waals surface area contributed by atoms with Crippen LogP contribution in [0.5, 0.6) is 0 Å². The third-order valence-electron chi connectivity index (χ3n) is 3.74. The summed E-state index contributed by atoms with van der Waals surface area (Å²) in [6.45, 7) is 6.42. The second kappa shape index (κ2) is 6.21. The van der Waals surface area contributed by atoms with Crippen molar-refractivity contribution in [1.29, 1.82) is 0 Å². The van der Waals surface area contributed by atoms with E-state index in [9.17, 15) is 9.59 Å². The van der Waals surface area contributed by atoms with Crippen LogP contribution in [0.1, 0.15) is 52.9 Å². The van der Waals surface area contributed by atoms with E-state index in [0.29, 0.717) is 11.3 Å². The molecule has 2 unspecified atom stereocenters. The molecule has 2 atom stereocenters. The number of esters is 2. The Labute approximate surface area is 109 Å². The molecule has 0 aromatic heterocycles. The molecule has 1 fully saturated rings. The lowest BCUT2D eigenvalue weighted by Gasteiger charge is -2.37. The van der Waals surface area contributed by atoms with Crippen molar-refractivity contribution in [3.8, 4) is 0 Å². The summed E-state index contributed by atoms with van der Waals surface area (Å²) in [7, 11) is 1.27. The van der Waals surface area contributed by atoms with Gasteiger partial charge in [-0.1, -0.05) is 20.3 Å². The fourth-order valence-corrected chi connectivity index (χ4v) is 2.69. The molecule has 0 bridgehead atoms. The number of carbonyl (C=O) groups excluding carboxylic acids is 2. The highest BCUT2D eigenvalue weighted by atomic mass is 16.6. The minimum Gasteiger partial charge on any atom is -0.469 e. The first-order chi connectivity index (χ1) is 8.34. The standard InChI is InChI=1S/C14H24O4/c1-10(18-13(16)8-12(15)17-4)11-6-5-7-14(2,3)9-11/h10-11H,5-9H2,1-4H3. The van der Waals surface area contributed by atoms with Crippen molar-refractivity contribution in [2.75, 3.05) is 7.11 Å². The van der Waals surface area contributed by atoms with Gasteiger partial charge in [0.25, 0.3) is 0 Å². The molecular formula is C14H24O4. The van der Waals surface area contributed by atoms with E-state index >= 15 is 0 Å². The highest BCUT2D eigenvalue weighted by Gasteiger charge is 2.32. The number of hydrogen-bond donors (Lipinski definition) is 0. The summed E-state index contributed by atoms with van der Waals surface area (Å²) in [4.78, 5) is 22.5. The Balaban J connectivity index is 2.42. The zero-order valence-corrected chi connectivity index (χ0v) is 11.8. The van der Waals surface area contributed by atoms with Crippen LogP contribution in [0.25, 0.3) is 0 Å². The predicted molar refractivity (Wildman–Crippen MR) is 67.9 cm³/mol. The minimum absolute atomic E-state index is 0.123. The highest BCUT2D eigenvalue weighted by Crippen LogP contribution is 2.40. The zero-order valence-electron chi connectivity index (χ0n) is 11.8. The Morgan fingerprint density at radius 1 is 1.33 bits per heavy atom. The molecule has 0 aromatic rings. The van der Waals surface area contributed by atoms with Gasteiger partial charge in [0, 0.05) is 0 Å². The molecule has 4 nitrogen and oxygen atoms in total. The lowest BCUT2D eigenvalue weighted by atomic mass is 9.71. The third kappa shape index (κ3) is 4.67. The van der Waals surface area contributed by atoms with Gasteiger partial charge in [0.05, 0.1) is 7.11 Å². The molecule has 0 radical (unpaired) electrons. The molecule has 18 heavy (non-hydrogen) atoms. The van der Waals surface area contributed by atoms with E-state index in [1.807, 2.05) is 6.92 Å². The van der Waals surface area contributed by atoms with E-state index < -0.39 is 11.9 Å². The van der Waals surface area contributed by atoms with Crippen LogP contribution < -0.4 is 0 Å². The van der Waals surface area contributed by atoms with Gasteiger partial charge in [-0.25, -0.2) is 0 Å². The second-order valence-electron chi connectivity index (χ2n) is 5.97. The van der Waals surface area contributed by atoms with Crippen molar-refractivity contribution in [1.82, 2.24) is 0 Å². The predicted octanol–water partition coefficient (Wildman–Crippen LogP) is 2.70. The fraction of sp³-hybridized carbons (Fsp3) is 0.857. The van der Waals surface area contributed by atoms with Gasteiger partial charge in [0.2, 0.25) is 0 Å². The lowest BCUT2D eigenvalue weighted by molar-refractivity contribution is -0.158. The lowest BCUT2D eigenvalue weighted by Crippen LogP contribution is -2.32. The first-order valence-electron chi connectivity index (χ1n) is 6.60. The number of carbonyl (C=O) groups is 2. The Hall–Kier alpha value is -1.06. The topological polar surface area (TPSA) is 52.6 Å². The van der Waals surface area contributed by atoms with E-state index in [0.717, 1.165) is 12.8 Å². The van der Waals surface area contributed by atoms with E-state index in [4.69, 9.17) is 4.74 Å². The average molecular weight is 256 g/mol. The summed E-state index contributed by atoms with van der Waals surface area (Å²) < 4.78 is 9.76. The average Bonchev–Trinajstić information content (AvgIpc) is 2.27. The highest BCUT2D eigenvalue weighted by molar-refractivity contribution is 5.91. The maximum absolute atomic E-state index is 11.5. The first-order valence-corrected chi connectivity index (χ1v) is 6.60. The third-order valence-corrected chi connectivity index (χ3v) is 3.74.